The molecule has 1 aromatic carbocycles. The maximum Gasteiger partial charge on any atom is 0.341 e. The van der Waals surface area contributed by atoms with E-state index in [-0.39, 0.29) is 23.4 Å². The minimum atomic E-state index is -1.36. The highest BCUT2D eigenvalue weighted by Crippen LogP contribution is 2.39. The Balaban J connectivity index is 2.39. The molecular formula is C17H19FN2O5. The molecule has 1 fully saturated rings. The standard InChI is InChI=1S/C17H19FN2O5/c1-3-19-8-11(17(23)24)15(22)10-6-12(18)14(16(25-2)13(10)19)20-5-4-9(21)7-20/h6,8-9,21H,3-5,7H2,1-2H3,(H,23,24). The van der Waals surface area contributed by atoms with Gasteiger partial charge in [0.15, 0.2) is 11.6 Å². The number of rotatable bonds is 4. The molecule has 0 amide bonds. The average molecular weight is 350 g/mol. The summed E-state index contributed by atoms with van der Waals surface area (Å²) in [6.45, 7) is 2.89. The van der Waals surface area contributed by atoms with Crippen LogP contribution in [0.15, 0.2) is 17.1 Å². The van der Waals surface area contributed by atoms with Crippen LogP contribution in [-0.4, -0.2) is 47.1 Å². The fourth-order valence-corrected chi connectivity index (χ4v) is 3.32. The zero-order chi connectivity index (χ0) is 18.3. The lowest BCUT2D eigenvalue weighted by molar-refractivity contribution is 0.0694. The quantitative estimate of drug-likeness (QED) is 0.867. The molecule has 2 aromatic rings. The molecule has 1 saturated heterocycles. The zero-order valence-electron chi connectivity index (χ0n) is 14.0. The van der Waals surface area contributed by atoms with Crippen LogP contribution < -0.4 is 15.1 Å². The van der Waals surface area contributed by atoms with E-state index in [2.05, 4.69) is 0 Å². The third-order valence-electron chi connectivity index (χ3n) is 4.50. The number of aliphatic hydroxyl groups is 1. The van der Waals surface area contributed by atoms with Gasteiger partial charge in [-0.1, -0.05) is 0 Å². The maximum absolute atomic E-state index is 14.8. The van der Waals surface area contributed by atoms with E-state index >= 15 is 0 Å². The van der Waals surface area contributed by atoms with Crippen LogP contribution in [-0.2, 0) is 6.54 Å². The topological polar surface area (TPSA) is 92.0 Å². The summed E-state index contributed by atoms with van der Waals surface area (Å²) in [6, 6.07) is 1.05. The summed E-state index contributed by atoms with van der Waals surface area (Å²) in [5.74, 6) is -1.87. The van der Waals surface area contributed by atoms with Crippen molar-refractivity contribution >= 4 is 22.6 Å². The largest absolute Gasteiger partial charge is 0.492 e. The number of aromatic carboxylic acids is 1. The number of nitrogens with zero attached hydrogens (tertiary/aromatic N) is 2. The SMILES string of the molecule is CCn1cc(C(=O)O)c(=O)c2cc(F)c(N3CCC(O)C3)c(OC)c21. The van der Waals surface area contributed by atoms with Crippen LogP contribution in [0.25, 0.3) is 10.9 Å². The van der Waals surface area contributed by atoms with Crippen molar-refractivity contribution in [1.82, 2.24) is 4.57 Å². The number of carbonyl (C=O) groups is 1. The lowest BCUT2D eigenvalue weighted by atomic mass is 10.1. The van der Waals surface area contributed by atoms with Crippen LogP contribution >= 0.6 is 0 Å². The van der Waals surface area contributed by atoms with Crippen LogP contribution in [0.3, 0.4) is 0 Å². The van der Waals surface area contributed by atoms with Gasteiger partial charge in [0.25, 0.3) is 0 Å². The van der Waals surface area contributed by atoms with Crippen LogP contribution in [0.2, 0.25) is 0 Å². The molecule has 7 nitrogen and oxygen atoms in total. The number of aliphatic hydroxyl groups excluding tert-OH is 1. The number of hydrogen-bond donors (Lipinski definition) is 2. The van der Waals surface area contributed by atoms with Crippen molar-refractivity contribution < 1.29 is 24.1 Å². The Kier molecular flexibility index (Phi) is 4.38. The smallest absolute Gasteiger partial charge is 0.341 e. The summed E-state index contributed by atoms with van der Waals surface area (Å²) < 4.78 is 21.8. The highest BCUT2D eigenvalue weighted by atomic mass is 19.1. The molecule has 1 unspecified atom stereocenters. The molecule has 2 heterocycles. The predicted molar refractivity (Wildman–Crippen MR) is 90.2 cm³/mol. The predicted octanol–water partition coefficient (Wildman–Crippen LogP) is 1.44. The van der Waals surface area contributed by atoms with E-state index in [1.807, 2.05) is 0 Å². The number of halogens is 1. The van der Waals surface area contributed by atoms with Gasteiger partial charge in [-0.25, -0.2) is 9.18 Å². The van der Waals surface area contributed by atoms with E-state index in [0.29, 0.717) is 25.0 Å². The Morgan fingerprint density at radius 3 is 2.72 bits per heavy atom. The van der Waals surface area contributed by atoms with Gasteiger partial charge >= 0.3 is 5.97 Å². The Bertz CT molecular complexity index is 908. The molecule has 0 spiro atoms. The monoisotopic (exact) mass is 350 g/mol. The van der Waals surface area contributed by atoms with E-state index in [1.165, 1.54) is 13.3 Å². The summed E-state index contributed by atoms with van der Waals surface area (Å²) in [4.78, 5) is 25.5. The molecule has 0 radical (unpaired) electrons. The Morgan fingerprint density at radius 1 is 1.48 bits per heavy atom. The Hall–Kier alpha value is -2.61. The molecule has 0 bridgehead atoms. The number of carboxylic acids is 1. The van der Waals surface area contributed by atoms with E-state index in [9.17, 15) is 24.2 Å². The minimum absolute atomic E-state index is 0.0420. The highest BCUT2D eigenvalue weighted by Gasteiger charge is 2.29. The van der Waals surface area contributed by atoms with Crippen molar-refractivity contribution in [1.29, 1.82) is 0 Å². The number of benzene rings is 1. The fraction of sp³-hybridized carbons (Fsp3) is 0.412. The first-order valence-electron chi connectivity index (χ1n) is 7.99. The lowest BCUT2D eigenvalue weighted by Gasteiger charge is -2.24. The van der Waals surface area contributed by atoms with Crippen molar-refractivity contribution in [3.63, 3.8) is 0 Å². The van der Waals surface area contributed by atoms with Crippen molar-refractivity contribution in [2.45, 2.75) is 26.0 Å². The van der Waals surface area contributed by atoms with Crippen LogP contribution in [0.4, 0.5) is 10.1 Å². The Labute approximate surface area is 142 Å². The number of ether oxygens (including phenoxy) is 1. The van der Waals surface area contributed by atoms with Crippen LogP contribution in [0.5, 0.6) is 5.75 Å². The van der Waals surface area contributed by atoms with E-state index in [1.54, 1.807) is 16.4 Å². The third-order valence-corrected chi connectivity index (χ3v) is 4.50. The average Bonchev–Trinajstić information content (AvgIpc) is 3.00. The molecule has 0 aliphatic carbocycles. The number of carboxylic acid groups (broad SMARTS) is 1. The molecule has 8 heteroatoms. The van der Waals surface area contributed by atoms with Gasteiger partial charge in [-0.3, -0.25) is 4.79 Å². The molecule has 2 N–H and O–H groups in total. The molecule has 25 heavy (non-hydrogen) atoms. The number of aromatic nitrogens is 1. The normalized spacial score (nSPS) is 17.3. The van der Waals surface area contributed by atoms with Crippen LogP contribution in [0, 0.1) is 5.82 Å². The molecule has 1 aliphatic rings. The van der Waals surface area contributed by atoms with Gasteiger partial charge in [0.1, 0.15) is 11.3 Å². The summed E-state index contributed by atoms with van der Waals surface area (Å²) in [5.41, 5.74) is -0.647. The van der Waals surface area contributed by atoms with Crippen molar-refractivity contribution in [2.75, 3.05) is 25.1 Å². The van der Waals surface area contributed by atoms with Gasteiger partial charge < -0.3 is 24.4 Å². The van der Waals surface area contributed by atoms with Crippen molar-refractivity contribution in [2.24, 2.45) is 0 Å². The summed E-state index contributed by atoms with van der Waals surface area (Å²) in [5, 5.41) is 18.9. The molecule has 1 aliphatic heterocycles. The van der Waals surface area contributed by atoms with Gasteiger partial charge in [-0.05, 0) is 19.4 Å². The summed E-state index contributed by atoms with van der Waals surface area (Å²) in [7, 11) is 1.37. The second kappa shape index (κ2) is 6.36. The van der Waals surface area contributed by atoms with E-state index in [0.717, 1.165) is 6.07 Å². The number of hydrogen-bond acceptors (Lipinski definition) is 5. The number of pyridine rings is 1. The number of fused-ring (bicyclic) bond motifs is 1. The molecule has 134 valence electrons. The van der Waals surface area contributed by atoms with Crippen molar-refractivity contribution in [3.8, 4) is 5.75 Å². The molecular weight excluding hydrogens is 331 g/mol. The third kappa shape index (κ3) is 2.72. The second-order valence-corrected chi connectivity index (χ2v) is 5.99. The second-order valence-electron chi connectivity index (χ2n) is 5.99. The van der Waals surface area contributed by atoms with E-state index < -0.39 is 28.9 Å². The number of methoxy groups -OCH3 is 1. The first kappa shape index (κ1) is 17.2. The zero-order valence-corrected chi connectivity index (χ0v) is 14.0. The van der Waals surface area contributed by atoms with Gasteiger partial charge in [-0.15, -0.1) is 0 Å². The van der Waals surface area contributed by atoms with E-state index in [4.69, 9.17) is 4.74 Å². The molecule has 0 saturated carbocycles. The van der Waals surface area contributed by atoms with Crippen LogP contribution in [0.1, 0.15) is 23.7 Å². The molecule has 3 rings (SSSR count). The van der Waals surface area contributed by atoms with Gasteiger partial charge in [0.05, 0.1) is 24.1 Å². The lowest BCUT2D eigenvalue weighted by Crippen LogP contribution is -2.25. The molecule has 1 aromatic heterocycles. The summed E-state index contributed by atoms with van der Waals surface area (Å²) >= 11 is 0. The highest BCUT2D eigenvalue weighted by molar-refractivity contribution is 5.97. The first-order valence-corrected chi connectivity index (χ1v) is 7.99. The van der Waals surface area contributed by atoms with Gasteiger partial charge in [0.2, 0.25) is 5.43 Å². The maximum atomic E-state index is 14.8. The number of β-amino-alcohol motifs (C(OH)–C–C–N with tert-alkyl or cyclic N) is 1. The molecule has 1 atom stereocenters. The Morgan fingerprint density at radius 2 is 2.20 bits per heavy atom. The first-order chi connectivity index (χ1) is 11.9. The fourth-order valence-electron chi connectivity index (χ4n) is 3.32. The summed E-state index contributed by atoms with van der Waals surface area (Å²) in [6.07, 6.45) is 1.21. The number of aryl methyl sites for hydroxylation is 1. The van der Waals surface area contributed by atoms with Gasteiger partial charge in [-0.2, -0.15) is 0 Å². The number of anilines is 1. The minimum Gasteiger partial charge on any atom is -0.492 e. The van der Waals surface area contributed by atoms with Crippen molar-refractivity contribution in [3.05, 3.63) is 33.9 Å². The van der Waals surface area contributed by atoms with Gasteiger partial charge in [0, 0.05) is 25.8 Å².